The summed E-state index contributed by atoms with van der Waals surface area (Å²) in [6.07, 6.45) is 6.42. The fourth-order valence-electron chi connectivity index (χ4n) is 5.57. The number of rotatable bonds is 4. The summed E-state index contributed by atoms with van der Waals surface area (Å²) in [5, 5.41) is 19.6. The molecule has 0 spiro atoms. The molecule has 4 fully saturated rings. The highest BCUT2D eigenvalue weighted by Crippen LogP contribution is 2.67. The van der Waals surface area contributed by atoms with Gasteiger partial charge in [0.25, 0.3) is 0 Å². The molecule has 3 nitrogen and oxygen atoms in total. The average Bonchev–Trinajstić information content (AvgIpc) is 2.27. The first-order chi connectivity index (χ1) is 8.09. The number of hydrogen-bond acceptors (Lipinski definition) is 3. The molecule has 4 aliphatic rings. The SMILES string of the molecule is CCOC12CC3CC(CO)(CC(CO)(C3)C1)C2. The van der Waals surface area contributed by atoms with E-state index in [4.69, 9.17) is 4.74 Å². The lowest BCUT2D eigenvalue weighted by Crippen LogP contribution is -2.62. The molecule has 4 rings (SSSR count). The Bertz CT molecular complexity index is 295. The Morgan fingerprint density at radius 2 is 1.59 bits per heavy atom. The molecule has 0 aromatic heterocycles. The zero-order chi connectivity index (χ0) is 12.1. The first kappa shape index (κ1) is 11.9. The van der Waals surface area contributed by atoms with Gasteiger partial charge in [0.05, 0.1) is 5.60 Å². The summed E-state index contributed by atoms with van der Waals surface area (Å²) < 4.78 is 6.07. The molecule has 4 aliphatic carbocycles. The van der Waals surface area contributed by atoms with Gasteiger partial charge in [-0.25, -0.2) is 0 Å². The molecule has 2 atom stereocenters. The van der Waals surface area contributed by atoms with E-state index in [1.54, 1.807) is 0 Å². The largest absolute Gasteiger partial charge is 0.396 e. The Hall–Kier alpha value is -0.120. The number of aliphatic hydroxyl groups is 2. The first-order valence-corrected chi connectivity index (χ1v) is 6.95. The Labute approximate surface area is 103 Å². The van der Waals surface area contributed by atoms with Gasteiger partial charge < -0.3 is 14.9 Å². The van der Waals surface area contributed by atoms with Gasteiger partial charge in [-0.05, 0) is 62.2 Å². The highest BCUT2D eigenvalue weighted by molar-refractivity contribution is 5.14. The minimum Gasteiger partial charge on any atom is -0.396 e. The summed E-state index contributed by atoms with van der Waals surface area (Å²) in [5.74, 6) is 0.650. The fourth-order valence-corrected chi connectivity index (χ4v) is 5.57. The molecule has 0 heterocycles. The van der Waals surface area contributed by atoms with Crippen molar-refractivity contribution in [2.45, 2.75) is 51.0 Å². The van der Waals surface area contributed by atoms with E-state index in [0.717, 1.165) is 45.1 Å². The molecule has 4 saturated carbocycles. The van der Waals surface area contributed by atoms with E-state index in [0.29, 0.717) is 5.92 Å². The third-order valence-electron chi connectivity index (χ3n) is 5.37. The van der Waals surface area contributed by atoms with E-state index in [2.05, 4.69) is 6.92 Å². The Morgan fingerprint density at radius 3 is 2.06 bits per heavy atom. The van der Waals surface area contributed by atoms with E-state index < -0.39 is 0 Å². The molecule has 98 valence electrons. The molecule has 2 unspecified atom stereocenters. The van der Waals surface area contributed by atoms with Gasteiger partial charge >= 0.3 is 0 Å². The van der Waals surface area contributed by atoms with Crippen molar-refractivity contribution in [3.63, 3.8) is 0 Å². The van der Waals surface area contributed by atoms with Crippen molar-refractivity contribution < 1.29 is 14.9 Å². The first-order valence-electron chi connectivity index (χ1n) is 6.95. The van der Waals surface area contributed by atoms with Gasteiger partial charge in [-0.15, -0.1) is 0 Å². The van der Waals surface area contributed by atoms with E-state index in [-0.39, 0.29) is 29.6 Å². The molecule has 3 heteroatoms. The summed E-state index contributed by atoms with van der Waals surface area (Å²) >= 11 is 0. The van der Waals surface area contributed by atoms with Gasteiger partial charge in [-0.3, -0.25) is 0 Å². The second-order valence-corrected chi connectivity index (χ2v) is 6.94. The van der Waals surface area contributed by atoms with Crippen molar-refractivity contribution in [3.05, 3.63) is 0 Å². The third-order valence-corrected chi connectivity index (χ3v) is 5.37. The normalized spacial score (nSPS) is 52.1. The van der Waals surface area contributed by atoms with Crippen molar-refractivity contribution in [1.82, 2.24) is 0 Å². The quantitative estimate of drug-likeness (QED) is 0.786. The molecule has 0 aromatic rings. The standard InChI is InChI=1S/C14H24O3/c1-2-17-14-5-11-3-12(7-14,9-15)6-13(4-11,8-14)10-16/h11,15-16H,2-10H2,1H3. The summed E-state index contributed by atoms with van der Waals surface area (Å²) in [6.45, 7) is 3.33. The molecule has 0 amide bonds. The molecule has 2 N–H and O–H groups in total. The zero-order valence-corrected chi connectivity index (χ0v) is 10.7. The maximum atomic E-state index is 9.79. The Kier molecular flexibility index (Phi) is 2.59. The molecule has 0 saturated heterocycles. The van der Waals surface area contributed by atoms with E-state index in [9.17, 15) is 10.2 Å². The van der Waals surface area contributed by atoms with Crippen LogP contribution in [0.5, 0.6) is 0 Å². The van der Waals surface area contributed by atoms with Crippen molar-refractivity contribution in [3.8, 4) is 0 Å². The summed E-state index contributed by atoms with van der Waals surface area (Å²) in [7, 11) is 0. The van der Waals surface area contributed by atoms with Crippen LogP contribution in [0.4, 0.5) is 0 Å². The van der Waals surface area contributed by atoms with Crippen LogP contribution in [0.1, 0.15) is 45.4 Å². The predicted octanol–water partition coefficient (Wildman–Crippen LogP) is 1.72. The second kappa shape index (κ2) is 3.69. The number of hydrogen-bond donors (Lipinski definition) is 2. The Balaban J connectivity index is 1.95. The molecule has 17 heavy (non-hydrogen) atoms. The average molecular weight is 240 g/mol. The van der Waals surface area contributed by atoms with Crippen LogP contribution in [0, 0.1) is 16.7 Å². The van der Waals surface area contributed by atoms with Gasteiger partial charge in [0.1, 0.15) is 0 Å². The lowest BCUT2D eigenvalue weighted by atomic mass is 9.43. The molecule has 0 radical (unpaired) electrons. The molecule has 0 aliphatic heterocycles. The minimum absolute atomic E-state index is 0.0390. The van der Waals surface area contributed by atoms with Crippen molar-refractivity contribution in [2.75, 3.05) is 19.8 Å². The minimum atomic E-state index is -0.0420. The van der Waals surface area contributed by atoms with Crippen LogP contribution in [-0.4, -0.2) is 35.6 Å². The second-order valence-electron chi connectivity index (χ2n) is 6.94. The lowest BCUT2D eigenvalue weighted by molar-refractivity contribution is -0.236. The van der Waals surface area contributed by atoms with Gasteiger partial charge in [-0.2, -0.15) is 0 Å². The lowest BCUT2D eigenvalue weighted by Gasteiger charge is -2.65. The molecular formula is C14H24O3. The third kappa shape index (κ3) is 1.66. The highest BCUT2D eigenvalue weighted by Gasteiger charge is 2.63. The van der Waals surface area contributed by atoms with Crippen LogP contribution >= 0.6 is 0 Å². The van der Waals surface area contributed by atoms with Crippen molar-refractivity contribution in [2.24, 2.45) is 16.7 Å². The van der Waals surface area contributed by atoms with Gasteiger partial charge in [-0.1, -0.05) is 0 Å². The molecule has 0 aromatic carbocycles. The number of ether oxygens (including phenoxy) is 1. The van der Waals surface area contributed by atoms with E-state index >= 15 is 0 Å². The summed E-state index contributed by atoms with van der Waals surface area (Å²) in [4.78, 5) is 0. The van der Waals surface area contributed by atoms with Gasteiger partial charge in [0, 0.05) is 19.8 Å². The maximum absolute atomic E-state index is 9.79. The smallest absolute Gasteiger partial charge is 0.0697 e. The fraction of sp³-hybridized carbons (Fsp3) is 1.00. The summed E-state index contributed by atoms with van der Waals surface area (Å²) in [5.41, 5.74) is 0.0360. The van der Waals surface area contributed by atoms with Crippen LogP contribution in [0.2, 0.25) is 0 Å². The van der Waals surface area contributed by atoms with Crippen LogP contribution < -0.4 is 0 Å². The van der Waals surface area contributed by atoms with Crippen LogP contribution in [0.25, 0.3) is 0 Å². The molecular weight excluding hydrogens is 216 g/mol. The van der Waals surface area contributed by atoms with Gasteiger partial charge in [0.2, 0.25) is 0 Å². The topological polar surface area (TPSA) is 49.7 Å². The predicted molar refractivity (Wildman–Crippen MR) is 64.6 cm³/mol. The van der Waals surface area contributed by atoms with Gasteiger partial charge in [0.15, 0.2) is 0 Å². The number of aliphatic hydroxyl groups excluding tert-OH is 2. The van der Waals surface area contributed by atoms with Crippen LogP contribution in [0.15, 0.2) is 0 Å². The van der Waals surface area contributed by atoms with Crippen LogP contribution in [0.3, 0.4) is 0 Å². The van der Waals surface area contributed by atoms with E-state index in [1.165, 1.54) is 0 Å². The highest BCUT2D eigenvalue weighted by atomic mass is 16.5. The molecule has 4 bridgehead atoms. The summed E-state index contributed by atoms with van der Waals surface area (Å²) in [6, 6.07) is 0. The van der Waals surface area contributed by atoms with Crippen molar-refractivity contribution >= 4 is 0 Å². The Morgan fingerprint density at radius 1 is 1.00 bits per heavy atom. The van der Waals surface area contributed by atoms with Crippen molar-refractivity contribution in [1.29, 1.82) is 0 Å². The monoisotopic (exact) mass is 240 g/mol. The van der Waals surface area contributed by atoms with E-state index in [1.807, 2.05) is 0 Å². The van der Waals surface area contributed by atoms with Crippen LogP contribution in [-0.2, 0) is 4.74 Å². The zero-order valence-electron chi connectivity index (χ0n) is 10.7. The maximum Gasteiger partial charge on any atom is 0.0697 e.